The molecule has 1 saturated heterocycles. The van der Waals surface area contributed by atoms with Gasteiger partial charge in [0.2, 0.25) is 5.91 Å². The van der Waals surface area contributed by atoms with Crippen LogP contribution < -0.4 is 10.6 Å². The number of rotatable bonds is 7. The summed E-state index contributed by atoms with van der Waals surface area (Å²) in [4.78, 5) is 13.7. The minimum absolute atomic E-state index is 0.0193. The van der Waals surface area contributed by atoms with Crippen molar-refractivity contribution in [2.45, 2.75) is 19.1 Å². The molecule has 0 spiro atoms. The Morgan fingerprint density at radius 1 is 1.67 bits per heavy atom. The molecule has 2 atom stereocenters. The Balaban J connectivity index is 2.17. The van der Waals surface area contributed by atoms with E-state index in [-0.39, 0.29) is 18.1 Å². The van der Waals surface area contributed by atoms with Crippen LogP contribution in [-0.4, -0.2) is 76.5 Å². The maximum atomic E-state index is 11.7. The largest absolute Gasteiger partial charge is 0.383 e. The number of amides is 1. The molecule has 0 bridgehead atoms. The lowest BCUT2D eigenvalue weighted by molar-refractivity contribution is -0.123. The number of carbonyl (C=O) groups excluding carboxylic acids is 1. The molecule has 1 amide bonds. The van der Waals surface area contributed by atoms with Crippen LogP contribution in [0, 0.1) is 0 Å². The zero-order chi connectivity index (χ0) is 13.4. The summed E-state index contributed by atoms with van der Waals surface area (Å²) in [6.45, 7) is 6.12. The summed E-state index contributed by atoms with van der Waals surface area (Å²) in [5, 5.41) is 6.16. The number of nitrogens with zero attached hydrogens (tertiary/aromatic N) is 1. The van der Waals surface area contributed by atoms with E-state index in [1.165, 1.54) is 0 Å². The summed E-state index contributed by atoms with van der Waals surface area (Å²) in [5.74, 6) is 0.0193. The third kappa shape index (κ3) is 6.30. The van der Waals surface area contributed by atoms with Gasteiger partial charge in [-0.3, -0.25) is 9.69 Å². The fraction of sp³-hybridized carbons (Fsp3) is 0.917. The summed E-state index contributed by atoms with van der Waals surface area (Å²) in [6.07, 6.45) is 0.174. The second kappa shape index (κ2) is 8.42. The van der Waals surface area contributed by atoms with Crippen LogP contribution in [0.25, 0.3) is 0 Å². The molecular formula is C12H25N3O3. The topological polar surface area (TPSA) is 62.8 Å². The number of ether oxygens (including phenoxy) is 2. The second-order valence-corrected chi connectivity index (χ2v) is 4.82. The fourth-order valence-corrected chi connectivity index (χ4v) is 2.01. The molecule has 2 N–H and O–H groups in total. The van der Waals surface area contributed by atoms with Gasteiger partial charge in [0.15, 0.2) is 0 Å². The van der Waals surface area contributed by atoms with Crippen LogP contribution in [0.15, 0.2) is 0 Å². The predicted octanol–water partition coefficient (Wildman–Crippen LogP) is -0.942. The fourth-order valence-electron chi connectivity index (χ4n) is 2.01. The third-order valence-corrected chi connectivity index (χ3v) is 2.76. The first-order valence-electron chi connectivity index (χ1n) is 6.41. The molecule has 1 aliphatic rings. The molecule has 1 fully saturated rings. The maximum Gasteiger partial charge on any atom is 0.234 e. The van der Waals surface area contributed by atoms with Crippen LogP contribution >= 0.6 is 0 Å². The first kappa shape index (κ1) is 15.4. The molecule has 0 saturated carbocycles. The van der Waals surface area contributed by atoms with Crippen molar-refractivity contribution in [1.29, 1.82) is 0 Å². The number of likely N-dealkylation sites (N-methyl/N-ethyl adjacent to an activating group) is 1. The van der Waals surface area contributed by atoms with Gasteiger partial charge in [0.25, 0.3) is 0 Å². The van der Waals surface area contributed by atoms with Crippen LogP contribution in [0.5, 0.6) is 0 Å². The zero-order valence-corrected chi connectivity index (χ0v) is 11.6. The van der Waals surface area contributed by atoms with Crippen LogP contribution in [0.1, 0.15) is 6.92 Å². The van der Waals surface area contributed by atoms with Gasteiger partial charge >= 0.3 is 0 Å². The highest BCUT2D eigenvalue weighted by Crippen LogP contribution is 1.98. The highest BCUT2D eigenvalue weighted by Gasteiger charge is 2.17. The van der Waals surface area contributed by atoms with E-state index in [4.69, 9.17) is 9.47 Å². The Morgan fingerprint density at radius 2 is 2.44 bits per heavy atom. The van der Waals surface area contributed by atoms with E-state index in [0.29, 0.717) is 13.2 Å². The van der Waals surface area contributed by atoms with Crippen LogP contribution in [0.4, 0.5) is 0 Å². The zero-order valence-electron chi connectivity index (χ0n) is 11.6. The first-order valence-corrected chi connectivity index (χ1v) is 6.41. The van der Waals surface area contributed by atoms with Gasteiger partial charge in [-0.25, -0.2) is 0 Å². The van der Waals surface area contributed by atoms with Gasteiger partial charge in [-0.1, -0.05) is 0 Å². The molecule has 2 unspecified atom stereocenters. The number of carbonyl (C=O) groups is 1. The molecular weight excluding hydrogens is 234 g/mol. The van der Waals surface area contributed by atoms with Crippen molar-refractivity contribution in [2.24, 2.45) is 0 Å². The summed E-state index contributed by atoms with van der Waals surface area (Å²) < 4.78 is 10.6. The second-order valence-electron chi connectivity index (χ2n) is 4.82. The van der Waals surface area contributed by atoms with Crippen molar-refractivity contribution in [2.75, 3.05) is 53.6 Å². The minimum atomic E-state index is 0.0193. The number of hydrogen-bond donors (Lipinski definition) is 2. The Labute approximate surface area is 109 Å². The summed E-state index contributed by atoms with van der Waals surface area (Å²) >= 11 is 0. The number of nitrogens with one attached hydrogen (secondary N) is 2. The minimum Gasteiger partial charge on any atom is -0.383 e. The van der Waals surface area contributed by atoms with E-state index in [9.17, 15) is 4.79 Å². The smallest absolute Gasteiger partial charge is 0.234 e. The van der Waals surface area contributed by atoms with E-state index in [2.05, 4.69) is 10.6 Å². The van der Waals surface area contributed by atoms with E-state index >= 15 is 0 Å². The van der Waals surface area contributed by atoms with Gasteiger partial charge in [-0.15, -0.1) is 0 Å². The molecule has 0 aromatic heterocycles. The molecule has 0 aromatic carbocycles. The van der Waals surface area contributed by atoms with Crippen LogP contribution in [0.2, 0.25) is 0 Å². The number of morpholine rings is 1. The molecule has 106 valence electrons. The quantitative estimate of drug-likeness (QED) is 0.618. The normalized spacial score (nSPS) is 21.9. The van der Waals surface area contributed by atoms with Crippen molar-refractivity contribution >= 4 is 5.91 Å². The number of methoxy groups -OCH3 is 1. The van der Waals surface area contributed by atoms with Crippen LogP contribution in [-0.2, 0) is 14.3 Å². The molecule has 0 radical (unpaired) electrons. The molecule has 1 heterocycles. The Kier molecular flexibility index (Phi) is 7.19. The standard InChI is InChI=1S/C12H25N3O3/c1-10(9-17-3)14-12(16)8-15(2)7-11-6-13-4-5-18-11/h10-11,13H,4-9H2,1-3H3,(H,14,16). The van der Waals surface area contributed by atoms with E-state index in [1.807, 2.05) is 18.9 Å². The lowest BCUT2D eigenvalue weighted by atomic mass is 10.3. The molecule has 6 nitrogen and oxygen atoms in total. The Bertz CT molecular complexity index is 245. The first-order chi connectivity index (χ1) is 8.61. The maximum absolute atomic E-state index is 11.7. The molecule has 0 aromatic rings. The number of hydrogen-bond acceptors (Lipinski definition) is 5. The van der Waals surface area contributed by atoms with Gasteiger partial charge in [-0.2, -0.15) is 0 Å². The molecule has 1 aliphatic heterocycles. The lowest BCUT2D eigenvalue weighted by Gasteiger charge is -2.27. The monoisotopic (exact) mass is 259 g/mol. The Hall–Kier alpha value is -0.690. The van der Waals surface area contributed by atoms with E-state index < -0.39 is 0 Å². The van der Waals surface area contributed by atoms with Crippen molar-refractivity contribution in [3.63, 3.8) is 0 Å². The van der Waals surface area contributed by atoms with Gasteiger partial charge in [0, 0.05) is 32.8 Å². The average molecular weight is 259 g/mol. The highest BCUT2D eigenvalue weighted by atomic mass is 16.5. The van der Waals surface area contributed by atoms with Crippen molar-refractivity contribution in [1.82, 2.24) is 15.5 Å². The van der Waals surface area contributed by atoms with Gasteiger partial charge in [0.1, 0.15) is 0 Å². The third-order valence-electron chi connectivity index (χ3n) is 2.76. The summed E-state index contributed by atoms with van der Waals surface area (Å²) in [7, 11) is 3.56. The van der Waals surface area contributed by atoms with E-state index in [0.717, 1.165) is 26.2 Å². The van der Waals surface area contributed by atoms with Crippen molar-refractivity contribution in [3.8, 4) is 0 Å². The summed E-state index contributed by atoms with van der Waals surface area (Å²) in [5.41, 5.74) is 0. The highest BCUT2D eigenvalue weighted by molar-refractivity contribution is 5.78. The predicted molar refractivity (Wildman–Crippen MR) is 69.6 cm³/mol. The van der Waals surface area contributed by atoms with Gasteiger partial charge in [0.05, 0.1) is 25.9 Å². The van der Waals surface area contributed by atoms with Gasteiger partial charge < -0.3 is 20.1 Å². The molecule has 6 heteroatoms. The van der Waals surface area contributed by atoms with E-state index in [1.54, 1.807) is 7.11 Å². The lowest BCUT2D eigenvalue weighted by Crippen LogP contribution is -2.47. The molecule has 18 heavy (non-hydrogen) atoms. The SMILES string of the molecule is COCC(C)NC(=O)CN(C)CC1CNCCO1. The summed E-state index contributed by atoms with van der Waals surface area (Å²) in [6, 6.07) is 0.0449. The molecule has 1 rings (SSSR count). The van der Waals surface area contributed by atoms with Crippen molar-refractivity contribution in [3.05, 3.63) is 0 Å². The van der Waals surface area contributed by atoms with Crippen LogP contribution in [0.3, 0.4) is 0 Å². The molecule has 0 aliphatic carbocycles. The van der Waals surface area contributed by atoms with Crippen molar-refractivity contribution < 1.29 is 14.3 Å². The van der Waals surface area contributed by atoms with Gasteiger partial charge in [-0.05, 0) is 14.0 Å². The Morgan fingerprint density at radius 3 is 3.06 bits per heavy atom. The average Bonchev–Trinajstić information content (AvgIpc) is 2.29.